The molecule has 3 rings (SSSR count). The van der Waals surface area contributed by atoms with Gasteiger partial charge in [0.25, 0.3) is 5.91 Å². The van der Waals surface area contributed by atoms with Crippen LogP contribution in [0.25, 0.3) is 10.8 Å². The Morgan fingerprint density at radius 2 is 1.90 bits per heavy atom. The lowest BCUT2D eigenvalue weighted by molar-refractivity contribution is -0.137. The number of hydrogen-bond donors (Lipinski definition) is 3. The van der Waals surface area contributed by atoms with Crippen molar-refractivity contribution in [1.82, 2.24) is 10.3 Å². The minimum Gasteiger partial charge on any atom is -0.505 e. The molecule has 3 aromatic rings. The van der Waals surface area contributed by atoms with Crippen molar-refractivity contribution in [3.05, 3.63) is 59.9 Å². The second kappa shape index (κ2) is 8.92. The van der Waals surface area contributed by atoms with Gasteiger partial charge in [-0.05, 0) is 36.8 Å². The molecule has 0 aliphatic rings. The second-order valence-electron chi connectivity index (χ2n) is 6.57. The Morgan fingerprint density at radius 1 is 1.17 bits per heavy atom. The van der Waals surface area contributed by atoms with E-state index in [4.69, 9.17) is 9.84 Å². The van der Waals surface area contributed by atoms with Gasteiger partial charge >= 0.3 is 5.97 Å². The Bertz CT molecular complexity index is 1140. The van der Waals surface area contributed by atoms with Crippen molar-refractivity contribution in [2.45, 2.75) is 25.8 Å². The number of rotatable bonds is 7. The van der Waals surface area contributed by atoms with E-state index < -0.39 is 23.7 Å². The summed E-state index contributed by atoms with van der Waals surface area (Å²) in [7, 11) is 0. The molecule has 0 aliphatic carbocycles. The first-order valence-electron chi connectivity index (χ1n) is 9.25. The number of nitriles is 1. The largest absolute Gasteiger partial charge is 0.505 e. The van der Waals surface area contributed by atoms with Crippen LogP contribution in [-0.4, -0.2) is 33.1 Å². The van der Waals surface area contributed by atoms with Gasteiger partial charge in [-0.1, -0.05) is 25.1 Å². The van der Waals surface area contributed by atoms with Gasteiger partial charge in [0.2, 0.25) is 0 Å². The number of carbonyl (C=O) groups excluding carboxylic acids is 1. The Morgan fingerprint density at radius 3 is 2.53 bits per heavy atom. The minimum absolute atomic E-state index is 0.0576. The summed E-state index contributed by atoms with van der Waals surface area (Å²) in [5, 5.41) is 32.2. The third-order valence-electron chi connectivity index (χ3n) is 4.50. The standard InChI is InChI=1S/C22H19N3O5/c1-2-13(10-19(26)27)24-22(29)20-21(28)16-9-8-15(11-17(16)18(12-23)25-20)30-14-6-4-3-5-7-14/h3-9,11,13,28H,2,10H2,1H3,(H,24,29)(H,26,27). The van der Waals surface area contributed by atoms with Crippen molar-refractivity contribution in [2.75, 3.05) is 0 Å². The van der Waals surface area contributed by atoms with Crippen molar-refractivity contribution in [1.29, 1.82) is 5.26 Å². The number of carboxylic acid groups (broad SMARTS) is 1. The number of ether oxygens (including phenoxy) is 1. The summed E-state index contributed by atoms with van der Waals surface area (Å²) in [6.07, 6.45) is 0.125. The van der Waals surface area contributed by atoms with Crippen molar-refractivity contribution in [3.63, 3.8) is 0 Å². The van der Waals surface area contributed by atoms with Crippen LogP contribution < -0.4 is 10.1 Å². The van der Waals surface area contributed by atoms with Crippen molar-refractivity contribution >= 4 is 22.6 Å². The van der Waals surface area contributed by atoms with Gasteiger partial charge in [-0.25, -0.2) is 4.98 Å². The molecule has 1 unspecified atom stereocenters. The molecule has 1 heterocycles. The number of aromatic hydroxyl groups is 1. The molecule has 0 fully saturated rings. The number of carboxylic acids is 1. The fourth-order valence-electron chi connectivity index (χ4n) is 2.97. The van der Waals surface area contributed by atoms with E-state index in [2.05, 4.69) is 10.3 Å². The topological polar surface area (TPSA) is 133 Å². The molecule has 0 bridgehead atoms. The molecule has 0 spiro atoms. The summed E-state index contributed by atoms with van der Waals surface area (Å²) < 4.78 is 5.75. The van der Waals surface area contributed by atoms with E-state index in [9.17, 15) is 20.0 Å². The zero-order chi connectivity index (χ0) is 21.7. The highest BCUT2D eigenvalue weighted by Gasteiger charge is 2.22. The number of pyridine rings is 1. The van der Waals surface area contributed by atoms with Crippen molar-refractivity contribution in [3.8, 4) is 23.3 Å². The van der Waals surface area contributed by atoms with Gasteiger partial charge < -0.3 is 20.3 Å². The van der Waals surface area contributed by atoms with Crippen LogP contribution >= 0.6 is 0 Å². The molecule has 3 N–H and O–H groups in total. The van der Waals surface area contributed by atoms with Gasteiger partial charge in [0.05, 0.1) is 6.42 Å². The highest BCUT2D eigenvalue weighted by molar-refractivity contribution is 6.03. The normalized spacial score (nSPS) is 11.5. The first-order chi connectivity index (χ1) is 14.4. The smallest absolute Gasteiger partial charge is 0.305 e. The number of nitrogens with one attached hydrogen (secondary N) is 1. The number of carbonyl (C=O) groups is 2. The first-order valence-corrected chi connectivity index (χ1v) is 9.25. The zero-order valence-electron chi connectivity index (χ0n) is 16.1. The number of aromatic nitrogens is 1. The van der Waals surface area contributed by atoms with Crippen molar-refractivity contribution < 1.29 is 24.5 Å². The van der Waals surface area contributed by atoms with Crippen LogP contribution in [-0.2, 0) is 4.79 Å². The maximum Gasteiger partial charge on any atom is 0.305 e. The van der Waals surface area contributed by atoms with Gasteiger partial charge in [0, 0.05) is 16.8 Å². The quantitative estimate of drug-likeness (QED) is 0.547. The molecular weight excluding hydrogens is 386 g/mol. The molecule has 0 saturated heterocycles. The van der Waals surface area contributed by atoms with E-state index in [0.717, 1.165) is 0 Å². The summed E-state index contributed by atoms with van der Waals surface area (Å²) in [4.78, 5) is 27.5. The molecule has 1 aromatic heterocycles. The number of benzene rings is 2. The number of aliphatic carboxylic acids is 1. The van der Waals surface area contributed by atoms with Gasteiger partial charge in [0.1, 0.15) is 23.3 Å². The summed E-state index contributed by atoms with van der Waals surface area (Å²) in [6.45, 7) is 1.73. The van der Waals surface area contributed by atoms with Gasteiger partial charge in [-0.15, -0.1) is 0 Å². The van der Waals surface area contributed by atoms with E-state index in [1.165, 1.54) is 6.07 Å². The van der Waals surface area contributed by atoms with E-state index in [0.29, 0.717) is 23.3 Å². The van der Waals surface area contributed by atoms with E-state index in [-0.39, 0.29) is 23.2 Å². The van der Waals surface area contributed by atoms with Crippen LogP contribution in [0.3, 0.4) is 0 Å². The molecule has 0 radical (unpaired) electrons. The number of amides is 1. The number of hydrogen-bond acceptors (Lipinski definition) is 6. The maximum absolute atomic E-state index is 12.6. The Balaban J connectivity index is 1.97. The second-order valence-corrected chi connectivity index (χ2v) is 6.57. The fraction of sp³-hybridized carbons (Fsp3) is 0.182. The monoisotopic (exact) mass is 405 g/mol. The first kappa shape index (κ1) is 20.6. The Labute approximate surface area is 172 Å². The fourth-order valence-corrected chi connectivity index (χ4v) is 2.97. The third-order valence-corrected chi connectivity index (χ3v) is 4.50. The average molecular weight is 405 g/mol. The molecular formula is C22H19N3O5. The summed E-state index contributed by atoms with van der Waals surface area (Å²) in [5.41, 5.74) is -0.391. The van der Waals surface area contributed by atoms with E-state index >= 15 is 0 Å². The summed E-state index contributed by atoms with van der Waals surface area (Å²) in [6, 6.07) is 15.1. The van der Waals surface area contributed by atoms with E-state index in [1.807, 2.05) is 24.3 Å². The Hall–Kier alpha value is -4.12. The van der Waals surface area contributed by atoms with Crippen LogP contribution in [0.2, 0.25) is 0 Å². The van der Waals surface area contributed by atoms with Gasteiger partial charge in [-0.2, -0.15) is 5.26 Å². The molecule has 8 heteroatoms. The number of nitrogens with zero attached hydrogens (tertiary/aromatic N) is 2. The predicted octanol–water partition coefficient (Wildman–Crippen LogP) is 3.59. The zero-order valence-corrected chi connectivity index (χ0v) is 16.1. The maximum atomic E-state index is 12.6. The lowest BCUT2D eigenvalue weighted by Crippen LogP contribution is -2.36. The lowest BCUT2D eigenvalue weighted by Gasteiger charge is -2.16. The van der Waals surface area contributed by atoms with Gasteiger partial charge in [0.15, 0.2) is 11.4 Å². The van der Waals surface area contributed by atoms with Gasteiger partial charge in [-0.3, -0.25) is 9.59 Å². The summed E-state index contributed by atoms with van der Waals surface area (Å²) >= 11 is 0. The molecule has 2 aromatic carbocycles. The highest BCUT2D eigenvalue weighted by Crippen LogP contribution is 2.33. The van der Waals surface area contributed by atoms with E-state index in [1.54, 1.807) is 31.2 Å². The minimum atomic E-state index is -1.05. The molecule has 1 atom stereocenters. The number of fused-ring (bicyclic) bond motifs is 1. The van der Waals surface area contributed by atoms with Crippen LogP contribution in [0.15, 0.2) is 48.5 Å². The molecule has 1 amide bonds. The molecule has 152 valence electrons. The molecule has 0 aliphatic heterocycles. The molecule has 8 nitrogen and oxygen atoms in total. The van der Waals surface area contributed by atoms with Crippen LogP contribution in [0, 0.1) is 11.3 Å². The third kappa shape index (κ3) is 4.47. The van der Waals surface area contributed by atoms with Crippen molar-refractivity contribution in [2.24, 2.45) is 0 Å². The average Bonchev–Trinajstić information content (AvgIpc) is 2.74. The van der Waals surface area contributed by atoms with Crippen LogP contribution in [0.5, 0.6) is 17.2 Å². The predicted molar refractivity (Wildman–Crippen MR) is 108 cm³/mol. The van der Waals surface area contributed by atoms with Crippen LogP contribution in [0.4, 0.5) is 0 Å². The highest BCUT2D eigenvalue weighted by atomic mass is 16.5. The molecule has 0 saturated carbocycles. The lowest BCUT2D eigenvalue weighted by atomic mass is 10.1. The Kier molecular flexibility index (Phi) is 6.13. The number of para-hydroxylation sites is 1. The van der Waals surface area contributed by atoms with Crippen LogP contribution in [0.1, 0.15) is 35.9 Å². The SMILES string of the molecule is CCC(CC(=O)O)NC(=O)c1nc(C#N)c2cc(Oc3ccccc3)ccc2c1O. The molecule has 30 heavy (non-hydrogen) atoms. The summed E-state index contributed by atoms with van der Waals surface area (Å²) in [5.74, 6) is -1.15.